The van der Waals surface area contributed by atoms with Gasteiger partial charge in [0.2, 0.25) is 10.0 Å². The van der Waals surface area contributed by atoms with Gasteiger partial charge in [-0.2, -0.15) is 0 Å². The number of nitrogens with one attached hydrogen (secondary N) is 1. The van der Waals surface area contributed by atoms with Crippen molar-refractivity contribution in [3.63, 3.8) is 0 Å². The first-order chi connectivity index (χ1) is 12.4. The van der Waals surface area contributed by atoms with Gasteiger partial charge >= 0.3 is 0 Å². The molecule has 1 aliphatic heterocycles. The van der Waals surface area contributed by atoms with Crippen LogP contribution >= 0.6 is 23.2 Å². The molecule has 1 N–H and O–H groups in total. The molecule has 1 amide bonds. The van der Waals surface area contributed by atoms with Crippen LogP contribution in [0.4, 0.5) is 5.69 Å². The normalized spacial score (nSPS) is 16.3. The first kappa shape index (κ1) is 19.0. The maximum Gasteiger partial charge on any atom is 0.251 e. The van der Waals surface area contributed by atoms with E-state index in [0.717, 1.165) is 12.0 Å². The van der Waals surface area contributed by atoms with Crippen molar-refractivity contribution in [2.75, 3.05) is 16.6 Å². The fraction of sp³-hybridized carbons (Fsp3) is 0.278. The molecule has 2 aromatic carbocycles. The summed E-state index contributed by atoms with van der Waals surface area (Å²) < 4.78 is 25.7. The van der Waals surface area contributed by atoms with E-state index in [9.17, 15) is 13.2 Å². The fourth-order valence-electron chi connectivity index (χ4n) is 2.80. The van der Waals surface area contributed by atoms with Gasteiger partial charge in [-0.25, -0.2) is 8.42 Å². The molecule has 1 heterocycles. The van der Waals surface area contributed by atoms with E-state index < -0.39 is 10.0 Å². The first-order valence-electron chi connectivity index (χ1n) is 8.19. The van der Waals surface area contributed by atoms with Gasteiger partial charge < -0.3 is 5.32 Å². The monoisotopic (exact) mass is 412 g/mol. The van der Waals surface area contributed by atoms with E-state index in [-0.39, 0.29) is 18.2 Å². The van der Waals surface area contributed by atoms with Gasteiger partial charge in [-0.05, 0) is 54.8 Å². The second kappa shape index (κ2) is 7.86. The molecule has 1 saturated heterocycles. The molecule has 8 heteroatoms. The Morgan fingerprint density at radius 2 is 1.81 bits per heavy atom. The number of carbonyl (C=O) groups is 1. The SMILES string of the molecule is O=C(NCc1ccc(Cl)cc1Cl)c1ccc(N2CCCCS2(=O)=O)cc1. The van der Waals surface area contributed by atoms with Crippen LogP contribution in [0.1, 0.15) is 28.8 Å². The Bertz CT molecular complexity index is 915. The number of sulfonamides is 1. The Morgan fingerprint density at radius 3 is 2.46 bits per heavy atom. The lowest BCUT2D eigenvalue weighted by Crippen LogP contribution is -2.37. The van der Waals surface area contributed by atoms with Crippen LogP contribution < -0.4 is 9.62 Å². The van der Waals surface area contributed by atoms with E-state index in [2.05, 4.69) is 5.32 Å². The topological polar surface area (TPSA) is 66.5 Å². The number of hydrogen-bond donors (Lipinski definition) is 1. The molecule has 0 aliphatic carbocycles. The van der Waals surface area contributed by atoms with Crippen molar-refractivity contribution >= 4 is 44.8 Å². The summed E-state index contributed by atoms with van der Waals surface area (Å²) in [5, 5.41) is 3.82. The van der Waals surface area contributed by atoms with Gasteiger partial charge in [0, 0.05) is 28.7 Å². The van der Waals surface area contributed by atoms with Crippen molar-refractivity contribution in [2.24, 2.45) is 0 Å². The number of anilines is 1. The molecule has 0 unspecified atom stereocenters. The maximum atomic E-state index is 12.3. The maximum absolute atomic E-state index is 12.3. The number of halogens is 2. The molecule has 1 aliphatic rings. The van der Waals surface area contributed by atoms with Crippen LogP contribution in [0.5, 0.6) is 0 Å². The third kappa shape index (κ3) is 4.31. The van der Waals surface area contributed by atoms with Crippen molar-refractivity contribution in [3.05, 3.63) is 63.6 Å². The van der Waals surface area contributed by atoms with E-state index >= 15 is 0 Å². The van der Waals surface area contributed by atoms with Gasteiger partial charge in [-0.15, -0.1) is 0 Å². The average molecular weight is 413 g/mol. The zero-order valence-corrected chi connectivity index (χ0v) is 16.2. The highest BCUT2D eigenvalue weighted by Gasteiger charge is 2.25. The quantitative estimate of drug-likeness (QED) is 0.828. The summed E-state index contributed by atoms with van der Waals surface area (Å²) in [7, 11) is -3.26. The second-order valence-corrected chi connectivity index (χ2v) is 8.92. The Morgan fingerprint density at radius 1 is 1.08 bits per heavy atom. The fourth-order valence-corrected chi connectivity index (χ4v) is 4.92. The largest absolute Gasteiger partial charge is 0.348 e. The molecule has 0 aromatic heterocycles. The van der Waals surface area contributed by atoms with Crippen LogP contribution in [-0.2, 0) is 16.6 Å². The zero-order chi connectivity index (χ0) is 18.7. The molecular weight excluding hydrogens is 395 g/mol. The summed E-state index contributed by atoms with van der Waals surface area (Å²) in [6.07, 6.45) is 1.52. The van der Waals surface area contributed by atoms with E-state index in [1.54, 1.807) is 42.5 Å². The lowest BCUT2D eigenvalue weighted by molar-refractivity contribution is 0.0951. The minimum atomic E-state index is -3.26. The average Bonchev–Trinajstić information content (AvgIpc) is 2.60. The number of nitrogens with zero attached hydrogens (tertiary/aromatic N) is 1. The van der Waals surface area contributed by atoms with Crippen LogP contribution in [0.3, 0.4) is 0 Å². The van der Waals surface area contributed by atoms with Crippen LogP contribution in [0, 0.1) is 0 Å². The van der Waals surface area contributed by atoms with Crippen molar-refractivity contribution in [2.45, 2.75) is 19.4 Å². The van der Waals surface area contributed by atoms with Gasteiger partial charge in [-0.3, -0.25) is 9.10 Å². The molecule has 5 nitrogen and oxygen atoms in total. The molecule has 0 radical (unpaired) electrons. The Labute approximate surface area is 163 Å². The molecule has 3 rings (SSSR count). The van der Waals surface area contributed by atoms with Crippen LogP contribution in [0.2, 0.25) is 10.0 Å². The third-order valence-corrected chi connectivity index (χ3v) is 6.68. The molecule has 0 spiro atoms. The number of carbonyl (C=O) groups excluding carboxylic acids is 1. The van der Waals surface area contributed by atoms with E-state index in [1.807, 2.05) is 0 Å². The predicted molar refractivity (Wildman–Crippen MR) is 104 cm³/mol. The van der Waals surface area contributed by atoms with Crippen molar-refractivity contribution < 1.29 is 13.2 Å². The van der Waals surface area contributed by atoms with Gasteiger partial charge in [0.15, 0.2) is 0 Å². The van der Waals surface area contributed by atoms with E-state index in [4.69, 9.17) is 23.2 Å². The third-order valence-electron chi connectivity index (χ3n) is 4.22. The van der Waals surface area contributed by atoms with Gasteiger partial charge in [-0.1, -0.05) is 29.3 Å². The molecule has 1 fully saturated rings. The number of amides is 1. The number of rotatable bonds is 4. The van der Waals surface area contributed by atoms with Gasteiger partial charge in [0.1, 0.15) is 0 Å². The van der Waals surface area contributed by atoms with Crippen LogP contribution in [0.15, 0.2) is 42.5 Å². The summed E-state index contributed by atoms with van der Waals surface area (Å²) in [5.74, 6) is -0.0963. The number of hydrogen-bond acceptors (Lipinski definition) is 3. The summed E-state index contributed by atoms with van der Waals surface area (Å²) in [5.41, 5.74) is 1.80. The van der Waals surface area contributed by atoms with Gasteiger partial charge in [0.25, 0.3) is 5.91 Å². The molecule has 138 valence electrons. The summed E-state index contributed by atoms with van der Waals surface area (Å²) >= 11 is 12.0. The van der Waals surface area contributed by atoms with Crippen molar-refractivity contribution in [3.8, 4) is 0 Å². The second-order valence-electron chi connectivity index (χ2n) is 6.06. The molecule has 0 saturated carbocycles. The van der Waals surface area contributed by atoms with Crippen LogP contribution in [0.25, 0.3) is 0 Å². The minimum absolute atomic E-state index is 0.164. The lowest BCUT2D eigenvalue weighted by Gasteiger charge is -2.28. The summed E-state index contributed by atoms with van der Waals surface area (Å²) in [6, 6.07) is 11.7. The Balaban J connectivity index is 1.67. The predicted octanol–water partition coefficient (Wildman–Crippen LogP) is 3.85. The summed E-state index contributed by atoms with van der Waals surface area (Å²) in [6.45, 7) is 0.750. The van der Waals surface area contributed by atoms with Crippen molar-refractivity contribution in [1.29, 1.82) is 0 Å². The highest BCUT2D eigenvalue weighted by Crippen LogP contribution is 2.24. The zero-order valence-electron chi connectivity index (χ0n) is 13.9. The van der Waals surface area contributed by atoms with Crippen LogP contribution in [-0.4, -0.2) is 26.6 Å². The van der Waals surface area contributed by atoms with Gasteiger partial charge in [0.05, 0.1) is 11.4 Å². The lowest BCUT2D eigenvalue weighted by atomic mass is 10.1. The van der Waals surface area contributed by atoms with E-state index in [1.165, 1.54) is 4.31 Å². The smallest absolute Gasteiger partial charge is 0.251 e. The Kier molecular flexibility index (Phi) is 5.75. The first-order valence-corrected chi connectivity index (χ1v) is 10.6. The standard InChI is InChI=1S/C18H18Cl2N2O3S/c19-15-6-3-14(17(20)11-15)12-21-18(23)13-4-7-16(8-5-13)22-9-1-2-10-26(22,24)25/h3-8,11H,1-2,9-10,12H2,(H,21,23). The molecule has 2 aromatic rings. The highest BCUT2D eigenvalue weighted by atomic mass is 35.5. The highest BCUT2D eigenvalue weighted by molar-refractivity contribution is 7.92. The van der Waals surface area contributed by atoms with Crippen molar-refractivity contribution in [1.82, 2.24) is 5.32 Å². The molecular formula is C18H18Cl2N2O3S. The van der Waals surface area contributed by atoms with E-state index in [0.29, 0.717) is 34.3 Å². The number of benzene rings is 2. The molecule has 26 heavy (non-hydrogen) atoms. The minimum Gasteiger partial charge on any atom is -0.348 e. The summed E-state index contributed by atoms with van der Waals surface area (Å²) in [4.78, 5) is 12.3. The Hall–Kier alpha value is -1.76. The molecule has 0 atom stereocenters. The molecule has 0 bridgehead atoms.